The lowest BCUT2D eigenvalue weighted by molar-refractivity contribution is -0.120. The molecule has 2 aromatic rings. The lowest BCUT2D eigenvalue weighted by Crippen LogP contribution is -2.41. The Labute approximate surface area is 155 Å². The molecule has 3 amide bonds. The summed E-state index contributed by atoms with van der Waals surface area (Å²) in [6, 6.07) is 11.1. The maximum absolute atomic E-state index is 12.4. The first kappa shape index (κ1) is 18.7. The van der Waals surface area contributed by atoms with Gasteiger partial charge in [0.05, 0.1) is 12.0 Å². The number of sulfonamides is 1. The highest BCUT2D eigenvalue weighted by molar-refractivity contribution is 7.89. The van der Waals surface area contributed by atoms with Gasteiger partial charge in [-0.05, 0) is 36.4 Å². The molecule has 0 saturated carbocycles. The number of imide groups is 1. The minimum atomic E-state index is -3.90. The van der Waals surface area contributed by atoms with Crippen molar-refractivity contribution >= 4 is 22.0 Å². The van der Waals surface area contributed by atoms with Gasteiger partial charge in [-0.25, -0.2) is 17.9 Å². The molecular weight excluding hydrogens is 374 g/mol. The second-order valence-corrected chi connectivity index (χ2v) is 7.39. The van der Waals surface area contributed by atoms with Gasteiger partial charge in [0, 0.05) is 12.6 Å². The fourth-order valence-electron chi connectivity index (χ4n) is 2.36. The molecule has 0 spiro atoms. The first-order valence-electron chi connectivity index (χ1n) is 7.90. The second kappa shape index (κ2) is 7.64. The van der Waals surface area contributed by atoms with Gasteiger partial charge >= 0.3 is 6.03 Å². The fraction of sp³-hybridized carbons (Fsp3) is 0.176. The molecule has 142 valence electrons. The molecule has 1 aliphatic rings. The van der Waals surface area contributed by atoms with E-state index in [-0.39, 0.29) is 11.4 Å². The quantitative estimate of drug-likeness (QED) is 0.605. The molecule has 0 aliphatic carbocycles. The molecule has 3 rings (SSSR count). The number of hydrogen-bond acceptors (Lipinski definition) is 6. The summed E-state index contributed by atoms with van der Waals surface area (Å²) in [4.78, 5) is 22.5. The van der Waals surface area contributed by atoms with Crippen LogP contribution in [0.4, 0.5) is 4.79 Å². The number of ether oxygens (including phenoxy) is 2. The summed E-state index contributed by atoms with van der Waals surface area (Å²) >= 11 is 0. The van der Waals surface area contributed by atoms with Crippen molar-refractivity contribution in [1.29, 1.82) is 0 Å². The van der Waals surface area contributed by atoms with E-state index in [1.54, 1.807) is 37.4 Å². The molecule has 1 heterocycles. The highest BCUT2D eigenvalue weighted by atomic mass is 32.2. The van der Waals surface area contributed by atoms with Crippen LogP contribution in [0.1, 0.15) is 0 Å². The van der Waals surface area contributed by atoms with Crippen molar-refractivity contribution in [2.75, 3.05) is 13.7 Å². The fourth-order valence-corrected chi connectivity index (χ4v) is 3.45. The normalized spacial score (nSPS) is 16.6. The Morgan fingerprint density at radius 1 is 1.04 bits per heavy atom. The van der Waals surface area contributed by atoms with Crippen molar-refractivity contribution in [2.45, 2.75) is 10.9 Å². The van der Waals surface area contributed by atoms with Crippen LogP contribution in [0.5, 0.6) is 17.2 Å². The average molecular weight is 391 g/mol. The van der Waals surface area contributed by atoms with E-state index in [0.717, 1.165) is 0 Å². The van der Waals surface area contributed by atoms with Crippen LogP contribution in [0.25, 0.3) is 0 Å². The van der Waals surface area contributed by atoms with Crippen molar-refractivity contribution < 1.29 is 27.5 Å². The molecule has 1 atom stereocenters. The number of carbonyl (C=O) groups is 2. The number of urea groups is 1. The van der Waals surface area contributed by atoms with Gasteiger partial charge in [0.2, 0.25) is 10.0 Å². The van der Waals surface area contributed by atoms with Crippen LogP contribution in [-0.2, 0) is 14.8 Å². The third-order valence-corrected chi connectivity index (χ3v) is 5.17. The third-order valence-electron chi connectivity index (χ3n) is 3.75. The van der Waals surface area contributed by atoms with Crippen LogP contribution in [-0.4, -0.2) is 40.1 Å². The number of hydrogen-bond donors (Lipinski definition) is 3. The van der Waals surface area contributed by atoms with E-state index < -0.39 is 28.0 Å². The molecule has 1 aliphatic heterocycles. The van der Waals surface area contributed by atoms with Crippen LogP contribution >= 0.6 is 0 Å². The highest BCUT2D eigenvalue weighted by Crippen LogP contribution is 2.25. The van der Waals surface area contributed by atoms with Gasteiger partial charge in [-0.2, -0.15) is 0 Å². The number of methoxy groups -OCH3 is 1. The highest BCUT2D eigenvalue weighted by Gasteiger charge is 2.30. The number of nitrogens with one attached hydrogen (secondary N) is 3. The maximum atomic E-state index is 12.4. The van der Waals surface area contributed by atoms with Gasteiger partial charge in [0.25, 0.3) is 5.91 Å². The van der Waals surface area contributed by atoms with E-state index in [4.69, 9.17) is 9.47 Å². The van der Waals surface area contributed by atoms with Crippen LogP contribution < -0.4 is 24.8 Å². The third kappa shape index (κ3) is 4.54. The molecular formula is C17H17N3O6S. The van der Waals surface area contributed by atoms with Crippen LogP contribution in [0.3, 0.4) is 0 Å². The van der Waals surface area contributed by atoms with Crippen molar-refractivity contribution in [3.63, 3.8) is 0 Å². The van der Waals surface area contributed by atoms with E-state index in [1.807, 2.05) is 5.32 Å². The zero-order valence-electron chi connectivity index (χ0n) is 14.3. The summed E-state index contributed by atoms with van der Waals surface area (Å²) in [6.07, 6.45) is 0. The molecule has 27 heavy (non-hydrogen) atoms. The number of amides is 3. The SMILES string of the molecule is COc1ccc(Oc2cccc(S(=O)(=O)NCC3NC(=O)NC3=O)c2)cc1. The zero-order chi connectivity index (χ0) is 19.4. The molecule has 0 bridgehead atoms. The first-order chi connectivity index (χ1) is 12.9. The molecule has 0 radical (unpaired) electrons. The molecule has 0 aromatic heterocycles. The molecule has 1 saturated heterocycles. The average Bonchev–Trinajstić information content (AvgIpc) is 2.98. The lowest BCUT2D eigenvalue weighted by atomic mass is 10.3. The van der Waals surface area contributed by atoms with Gasteiger partial charge in [-0.3, -0.25) is 10.1 Å². The van der Waals surface area contributed by atoms with Crippen LogP contribution in [0.15, 0.2) is 53.4 Å². The Morgan fingerprint density at radius 3 is 2.37 bits per heavy atom. The zero-order valence-corrected chi connectivity index (χ0v) is 15.1. The number of benzene rings is 2. The summed E-state index contributed by atoms with van der Waals surface area (Å²) in [6.45, 7) is -0.260. The van der Waals surface area contributed by atoms with Gasteiger partial charge < -0.3 is 14.8 Å². The van der Waals surface area contributed by atoms with Crippen molar-refractivity contribution in [3.8, 4) is 17.2 Å². The van der Waals surface area contributed by atoms with E-state index in [9.17, 15) is 18.0 Å². The van der Waals surface area contributed by atoms with Gasteiger partial charge in [0.15, 0.2) is 0 Å². The van der Waals surface area contributed by atoms with Gasteiger partial charge in [-0.15, -0.1) is 0 Å². The summed E-state index contributed by atoms with van der Waals surface area (Å²) in [5.41, 5.74) is 0. The van der Waals surface area contributed by atoms with E-state index in [0.29, 0.717) is 17.2 Å². The van der Waals surface area contributed by atoms with Crippen molar-refractivity contribution in [3.05, 3.63) is 48.5 Å². The first-order valence-corrected chi connectivity index (χ1v) is 9.39. The molecule has 10 heteroatoms. The smallest absolute Gasteiger partial charge is 0.322 e. The topological polar surface area (TPSA) is 123 Å². The Balaban J connectivity index is 1.69. The standard InChI is InChI=1S/C17H17N3O6S/c1-25-11-5-7-12(8-6-11)26-13-3-2-4-14(9-13)27(23,24)18-10-15-16(21)20-17(22)19-15/h2-9,15,18H,10H2,1H3,(H2,19,20,21,22). The largest absolute Gasteiger partial charge is 0.497 e. The van der Waals surface area contributed by atoms with Crippen molar-refractivity contribution in [2.24, 2.45) is 0 Å². The predicted molar refractivity (Wildman–Crippen MR) is 95.2 cm³/mol. The summed E-state index contributed by atoms with van der Waals surface area (Å²) in [5.74, 6) is 0.934. The molecule has 2 aromatic carbocycles. The predicted octanol–water partition coefficient (Wildman–Crippen LogP) is 0.974. The Kier molecular flexibility index (Phi) is 5.28. The minimum absolute atomic E-state index is 0.0294. The van der Waals surface area contributed by atoms with Crippen LogP contribution in [0, 0.1) is 0 Å². The molecule has 3 N–H and O–H groups in total. The summed E-state index contributed by atoms with van der Waals surface area (Å²) in [5, 5.41) is 4.35. The maximum Gasteiger partial charge on any atom is 0.322 e. The minimum Gasteiger partial charge on any atom is -0.497 e. The Morgan fingerprint density at radius 2 is 1.74 bits per heavy atom. The summed E-state index contributed by atoms with van der Waals surface area (Å²) in [7, 11) is -2.34. The lowest BCUT2D eigenvalue weighted by Gasteiger charge is -2.11. The number of rotatable bonds is 7. The number of carbonyl (C=O) groups excluding carboxylic acids is 2. The molecule has 1 unspecified atom stereocenters. The van der Waals surface area contributed by atoms with Crippen molar-refractivity contribution in [1.82, 2.24) is 15.4 Å². The Hall–Kier alpha value is -3.11. The molecule has 9 nitrogen and oxygen atoms in total. The van der Waals surface area contributed by atoms with Gasteiger partial charge in [-0.1, -0.05) is 6.07 Å². The van der Waals surface area contributed by atoms with E-state index >= 15 is 0 Å². The molecule has 1 fully saturated rings. The second-order valence-electron chi connectivity index (χ2n) is 5.62. The van der Waals surface area contributed by atoms with E-state index in [1.165, 1.54) is 18.2 Å². The van der Waals surface area contributed by atoms with Gasteiger partial charge in [0.1, 0.15) is 23.3 Å². The van der Waals surface area contributed by atoms with Crippen LogP contribution in [0.2, 0.25) is 0 Å². The Bertz CT molecular complexity index is 959. The summed E-state index contributed by atoms with van der Waals surface area (Å²) < 4.78 is 37.9. The van der Waals surface area contributed by atoms with E-state index in [2.05, 4.69) is 10.0 Å². The monoisotopic (exact) mass is 391 g/mol.